The number of aliphatic imine (C=N–C) groups is 1. The van der Waals surface area contributed by atoms with E-state index in [0.29, 0.717) is 42.1 Å². The summed E-state index contributed by atoms with van der Waals surface area (Å²) in [6.07, 6.45) is 1.19. The van der Waals surface area contributed by atoms with Gasteiger partial charge in [0.25, 0.3) is 5.89 Å². The number of nitrogens with one attached hydrogen (secondary N) is 2. The predicted molar refractivity (Wildman–Crippen MR) is 262 cm³/mol. The number of amides is 3. The fourth-order valence-corrected chi connectivity index (χ4v) is 11.0. The van der Waals surface area contributed by atoms with Crippen LogP contribution >= 0.6 is 22.7 Å². The summed E-state index contributed by atoms with van der Waals surface area (Å²) in [4.78, 5) is 72.6. The maximum atomic E-state index is 14.4. The van der Waals surface area contributed by atoms with Crippen LogP contribution in [0.15, 0.2) is 81.7 Å². The number of carbonyl (C=O) groups excluding carboxylic acids is 4. The minimum absolute atomic E-state index is 0.0107. The molecule has 2 aliphatic rings. The zero-order chi connectivity index (χ0) is 48.2. The summed E-state index contributed by atoms with van der Waals surface area (Å²) >= 11 is 3.23. The highest BCUT2D eigenvalue weighted by Gasteiger charge is 2.43. The molecule has 3 amide bonds. The van der Waals surface area contributed by atoms with Gasteiger partial charge in [-0.3, -0.25) is 28.7 Å². The molecule has 4 atom stereocenters. The average Bonchev–Trinajstić information content (AvgIpc) is 4.17. The summed E-state index contributed by atoms with van der Waals surface area (Å²) in [5.41, 5.74) is 10.4. The third-order valence-corrected chi connectivity index (χ3v) is 15.1. The highest BCUT2D eigenvalue weighted by molar-refractivity contribution is 7.15. The molecule has 6 heterocycles. The summed E-state index contributed by atoms with van der Waals surface area (Å²) in [6.45, 7) is 16.0. The fraction of sp³-hybridized carbons (Fsp3) is 0.353. The van der Waals surface area contributed by atoms with Gasteiger partial charge in [-0.25, -0.2) is 9.97 Å². The average molecular weight is 952 g/mol. The molecule has 68 heavy (non-hydrogen) atoms. The molecule has 4 aromatic heterocycles. The summed E-state index contributed by atoms with van der Waals surface area (Å²) in [5.74, 6) is -0.483. The predicted octanol–water partition coefficient (Wildman–Crippen LogP) is 8.96. The van der Waals surface area contributed by atoms with Gasteiger partial charge in [-0.05, 0) is 92.8 Å². The Morgan fingerprint density at radius 2 is 1.62 bits per heavy atom. The van der Waals surface area contributed by atoms with Gasteiger partial charge < -0.3 is 24.7 Å². The lowest BCUT2D eigenvalue weighted by Crippen LogP contribution is -2.57. The third-order valence-electron chi connectivity index (χ3n) is 12.9. The van der Waals surface area contributed by atoms with E-state index in [4.69, 9.17) is 14.1 Å². The molecule has 0 aliphatic carbocycles. The molecule has 2 aliphatic heterocycles. The van der Waals surface area contributed by atoms with Crippen LogP contribution in [0.25, 0.3) is 37.7 Å². The Kier molecular flexibility index (Phi) is 12.5. The number of aryl methyl sites for hydroxylation is 3. The number of methoxy groups -OCH3 is 1. The van der Waals surface area contributed by atoms with E-state index >= 15 is 0 Å². The molecule has 0 radical (unpaired) electrons. The lowest BCUT2D eigenvalue weighted by Gasteiger charge is -2.35. The number of thiazole rings is 1. The summed E-state index contributed by atoms with van der Waals surface area (Å²) < 4.78 is 13.1. The molecule has 0 bridgehead atoms. The highest BCUT2D eigenvalue weighted by Crippen LogP contribution is 2.40. The summed E-state index contributed by atoms with van der Waals surface area (Å²) in [6, 6.07) is 19.1. The second-order valence-electron chi connectivity index (χ2n) is 18.5. The van der Waals surface area contributed by atoms with Crippen molar-refractivity contribution < 1.29 is 28.3 Å². The number of hydrogen-bond donors (Lipinski definition) is 2. The normalized spacial score (nSPS) is 16.7. The first-order valence-electron chi connectivity index (χ1n) is 22.6. The molecule has 4 unspecified atom stereocenters. The van der Waals surface area contributed by atoms with Crippen molar-refractivity contribution in [2.24, 2.45) is 10.4 Å². The van der Waals surface area contributed by atoms with E-state index in [-0.39, 0.29) is 30.2 Å². The van der Waals surface area contributed by atoms with Crippen molar-refractivity contribution >= 4 is 63.2 Å². The Labute approximate surface area is 402 Å². The number of ether oxygens (including phenoxy) is 1. The molecule has 1 fully saturated rings. The quantitative estimate of drug-likeness (QED) is 0.119. The Morgan fingerprint density at radius 1 is 0.912 bits per heavy atom. The molecule has 9 rings (SSSR count). The number of rotatable bonds is 11. The summed E-state index contributed by atoms with van der Waals surface area (Å²) in [5, 5.41) is 15.8. The first kappa shape index (κ1) is 46.3. The molecule has 0 spiro atoms. The number of esters is 1. The number of likely N-dealkylation sites (tertiary alicyclic amines) is 1. The third kappa shape index (κ3) is 8.75. The topological polar surface area (TPSA) is 187 Å². The lowest BCUT2D eigenvalue weighted by molar-refractivity contribution is -0.142. The van der Waals surface area contributed by atoms with Crippen LogP contribution in [0.2, 0.25) is 0 Å². The minimum Gasteiger partial charge on any atom is -0.469 e. The van der Waals surface area contributed by atoms with E-state index in [2.05, 4.69) is 44.6 Å². The highest BCUT2D eigenvalue weighted by atomic mass is 32.1. The summed E-state index contributed by atoms with van der Waals surface area (Å²) in [7, 11) is 1.36. The van der Waals surface area contributed by atoms with Crippen LogP contribution in [0.5, 0.6) is 0 Å². The van der Waals surface area contributed by atoms with Crippen LogP contribution in [0.3, 0.4) is 0 Å². The van der Waals surface area contributed by atoms with Gasteiger partial charge in [0.1, 0.15) is 34.5 Å². The van der Waals surface area contributed by atoms with Crippen molar-refractivity contribution in [3.05, 3.63) is 123 Å². The van der Waals surface area contributed by atoms with E-state index in [1.54, 1.807) is 33.6 Å². The molecule has 0 saturated carbocycles. The number of benzene rings is 3. The first-order chi connectivity index (χ1) is 32.5. The fourth-order valence-electron chi connectivity index (χ4n) is 8.99. The second-order valence-corrected chi connectivity index (χ2v) is 20.6. The Hall–Kier alpha value is -6.85. The minimum atomic E-state index is -0.971. The zero-order valence-electron chi connectivity index (χ0n) is 39.5. The van der Waals surface area contributed by atoms with Gasteiger partial charge in [0, 0.05) is 22.5 Å². The lowest BCUT2D eigenvalue weighted by atomic mass is 9.85. The molecule has 1 saturated heterocycles. The van der Waals surface area contributed by atoms with Crippen molar-refractivity contribution in [2.75, 3.05) is 13.7 Å². The monoisotopic (exact) mass is 951 g/mol. The van der Waals surface area contributed by atoms with Crippen LogP contribution in [-0.2, 0) is 19.1 Å². The smallest absolute Gasteiger partial charge is 0.308 e. The van der Waals surface area contributed by atoms with Crippen molar-refractivity contribution in [2.45, 2.75) is 98.8 Å². The Balaban J connectivity index is 0.906. The maximum Gasteiger partial charge on any atom is 0.308 e. The standard InChI is InChI=1S/C51H53N9O6S2/c1-26-29(4)68-50-41(26)42(54-37(24-40(61)65-9)45-58-57-30(5)60(45)50)33-16-14-32(15-17-33)35-20-21-36-39(23-35)66-48(55-36)47(63)56-44(51(6,7)8)49(64)59-22-10-11-38(59)46(62)53-27(2)31-12-18-34(19-13-31)43-28(3)52-25-67-43/h12-21,23,25,27,37-38,44H,10-11,22,24H2,1-9H3,(H,53,62)(H,56,63). The van der Waals surface area contributed by atoms with E-state index in [0.717, 1.165) is 65.1 Å². The molecule has 2 N–H and O–H groups in total. The van der Waals surface area contributed by atoms with Gasteiger partial charge in [-0.15, -0.1) is 32.9 Å². The van der Waals surface area contributed by atoms with Crippen molar-refractivity contribution in [1.82, 2.24) is 40.3 Å². The molecule has 7 aromatic rings. The number of hydrogen-bond acceptors (Lipinski definition) is 13. The number of aromatic nitrogens is 5. The van der Waals surface area contributed by atoms with Gasteiger partial charge in [0.2, 0.25) is 11.8 Å². The van der Waals surface area contributed by atoms with E-state index in [9.17, 15) is 19.2 Å². The number of nitrogens with zero attached hydrogens (tertiary/aromatic N) is 7. The Morgan fingerprint density at radius 3 is 2.31 bits per heavy atom. The van der Waals surface area contributed by atoms with E-state index < -0.39 is 35.4 Å². The number of oxazole rings is 1. The SMILES string of the molecule is COC(=O)CC1N=C(c2ccc(-c3ccc4nc(C(=O)NC(C(=O)N5CCCC5C(=O)NC(C)c5ccc(-c6scnc6C)cc5)C(C)(C)C)oc4c3)cc2)c2c(sc(C)c2C)-n2c(C)nnc21. The molecular weight excluding hydrogens is 899 g/mol. The van der Waals surface area contributed by atoms with E-state index in [1.165, 1.54) is 7.11 Å². The van der Waals surface area contributed by atoms with Crippen molar-refractivity contribution in [1.29, 1.82) is 0 Å². The van der Waals surface area contributed by atoms with Gasteiger partial charge in [0.15, 0.2) is 11.4 Å². The first-order valence-corrected chi connectivity index (χ1v) is 24.3. The second kappa shape index (κ2) is 18.3. The number of fused-ring (bicyclic) bond motifs is 4. The van der Waals surface area contributed by atoms with Crippen molar-refractivity contribution in [3.8, 4) is 26.6 Å². The van der Waals surface area contributed by atoms with Crippen LogP contribution in [0.1, 0.15) is 114 Å². The molecule has 15 nitrogen and oxygen atoms in total. The molecule has 350 valence electrons. The Bertz CT molecular complexity index is 3120. The van der Waals surface area contributed by atoms with Gasteiger partial charge in [-0.1, -0.05) is 75.4 Å². The van der Waals surface area contributed by atoms with Gasteiger partial charge >= 0.3 is 11.9 Å². The van der Waals surface area contributed by atoms with Gasteiger partial charge in [-0.2, -0.15) is 0 Å². The number of carbonyl (C=O) groups is 4. The van der Waals surface area contributed by atoms with Crippen LogP contribution in [0.4, 0.5) is 0 Å². The maximum absolute atomic E-state index is 14.4. The molecule has 17 heteroatoms. The van der Waals surface area contributed by atoms with E-state index in [1.807, 2.05) is 112 Å². The van der Waals surface area contributed by atoms with Crippen LogP contribution in [0, 0.1) is 33.1 Å². The van der Waals surface area contributed by atoms with Gasteiger partial charge in [0.05, 0.1) is 41.4 Å². The number of thiophene rings is 1. The van der Waals surface area contributed by atoms with Crippen molar-refractivity contribution in [3.63, 3.8) is 0 Å². The molecule has 3 aromatic carbocycles. The van der Waals surface area contributed by atoms with Crippen LogP contribution < -0.4 is 10.6 Å². The zero-order valence-corrected chi connectivity index (χ0v) is 41.1. The van der Waals surface area contributed by atoms with Crippen LogP contribution in [-0.4, -0.2) is 84.8 Å². The molecular formula is C51H53N9O6S2. The largest absolute Gasteiger partial charge is 0.469 e.